The van der Waals surface area contributed by atoms with Crippen molar-refractivity contribution in [1.82, 2.24) is 0 Å². The molecule has 0 aliphatic rings. The van der Waals surface area contributed by atoms with Crippen LogP contribution in [0.25, 0.3) is 11.0 Å². The number of methoxy groups -OCH3 is 1. The standard InChI is InChI=1S/C13H9O6P/c1-17-12(14)9-3-2-8-6-11(19-10(8)7-9)13(15)18-4-5-20-16/h2-3,6-7H,4H2,1H3. The van der Waals surface area contributed by atoms with Crippen LogP contribution in [0.5, 0.6) is 0 Å². The van der Waals surface area contributed by atoms with Gasteiger partial charge in [0.25, 0.3) is 0 Å². The Labute approximate surface area is 114 Å². The first kappa shape index (κ1) is 14.1. The van der Waals surface area contributed by atoms with Crippen molar-refractivity contribution < 1.29 is 28.0 Å². The number of furan rings is 1. The fraction of sp³-hybridized carbons (Fsp3) is 0.154. The van der Waals surface area contributed by atoms with E-state index < -0.39 is 11.9 Å². The molecular formula is C13H9O6P. The van der Waals surface area contributed by atoms with E-state index in [1.165, 1.54) is 19.2 Å². The zero-order valence-electron chi connectivity index (χ0n) is 10.4. The van der Waals surface area contributed by atoms with Crippen LogP contribution in [0, 0.1) is 5.63 Å². The van der Waals surface area contributed by atoms with Crippen LogP contribution in [0.15, 0.2) is 28.7 Å². The van der Waals surface area contributed by atoms with Gasteiger partial charge in [0, 0.05) is 0 Å². The third kappa shape index (κ3) is 2.99. The first-order valence-corrected chi connectivity index (χ1v) is 6.31. The van der Waals surface area contributed by atoms with E-state index in [4.69, 9.17) is 9.15 Å². The second kappa shape index (κ2) is 6.24. The maximum absolute atomic E-state index is 11.6. The van der Waals surface area contributed by atoms with E-state index in [9.17, 15) is 14.2 Å². The Morgan fingerprint density at radius 2 is 2.10 bits per heavy atom. The summed E-state index contributed by atoms with van der Waals surface area (Å²) >= 11 is 0. The van der Waals surface area contributed by atoms with Crippen LogP contribution in [0.2, 0.25) is 0 Å². The van der Waals surface area contributed by atoms with Gasteiger partial charge in [0.2, 0.25) is 0 Å². The number of fused-ring (bicyclic) bond motifs is 1. The van der Waals surface area contributed by atoms with Crippen molar-refractivity contribution in [1.29, 1.82) is 0 Å². The molecule has 0 bridgehead atoms. The summed E-state index contributed by atoms with van der Waals surface area (Å²) in [6.45, 7) is -0.200. The summed E-state index contributed by atoms with van der Waals surface area (Å²) in [7, 11) is 0.945. The molecule has 7 heteroatoms. The van der Waals surface area contributed by atoms with E-state index in [-0.39, 0.29) is 20.3 Å². The zero-order chi connectivity index (χ0) is 14.5. The van der Waals surface area contributed by atoms with Crippen molar-refractivity contribution in [2.45, 2.75) is 0 Å². The molecular weight excluding hydrogens is 283 g/mol. The second-order valence-electron chi connectivity index (χ2n) is 3.68. The third-order valence-electron chi connectivity index (χ3n) is 2.47. The van der Waals surface area contributed by atoms with Gasteiger partial charge in [-0.1, -0.05) is 0 Å². The summed E-state index contributed by atoms with van der Waals surface area (Å²) in [4.78, 5) is 23.0. The van der Waals surface area contributed by atoms with E-state index in [1.54, 1.807) is 12.1 Å². The van der Waals surface area contributed by atoms with Gasteiger partial charge in [0.05, 0.1) is 0 Å². The molecule has 0 spiro atoms. The van der Waals surface area contributed by atoms with Crippen LogP contribution >= 0.6 is 7.92 Å². The molecule has 2 aromatic rings. The van der Waals surface area contributed by atoms with Crippen LogP contribution < -0.4 is 0 Å². The fourth-order valence-electron chi connectivity index (χ4n) is 1.57. The monoisotopic (exact) mass is 292 g/mol. The number of esters is 2. The van der Waals surface area contributed by atoms with Crippen molar-refractivity contribution in [3.05, 3.63) is 35.6 Å². The van der Waals surface area contributed by atoms with Crippen LogP contribution in [0.1, 0.15) is 20.9 Å². The van der Waals surface area contributed by atoms with Crippen molar-refractivity contribution in [3.63, 3.8) is 0 Å². The Morgan fingerprint density at radius 3 is 2.80 bits per heavy atom. The summed E-state index contributed by atoms with van der Waals surface area (Å²) in [6, 6.07) is 6.17. The molecule has 0 radical (unpaired) electrons. The van der Waals surface area contributed by atoms with Crippen molar-refractivity contribution >= 4 is 30.8 Å². The van der Waals surface area contributed by atoms with Gasteiger partial charge in [-0.3, -0.25) is 0 Å². The van der Waals surface area contributed by atoms with Gasteiger partial charge in [-0.25, -0.2) is 0 Å². The maximum atomic E-state index is 11.6. The van der Waals surface area contributed by atoms with Gasteiger partial charge in [0.1, 0.15) is 0 Å². The first-order valence-electron chi connectivity index (χ1n) is 5.50. The Kier molecular flexibility index (Phi) is 4.41. The Balaban J connectivity index is 2.28. The van der Waals surface area contributed by atoms with Gasteiger partial charge >= 0.3 is 114 Å². The summed E-state index contributed by atoms with van der Waals surface area (Å²) in [6.07, 6.45) is 0. The molecule has 0 fully saturated rings. The van der Waals surface area contributed by atoms with Crippen molar-refractivity contribution in [3.8, 4) is 5.63 Å². The number of carbonyl (C=O) groups excluding carboxylic acids is 2. The molecule has 0 unspecified atom stereocenters. The summed E-state index contributed by atoms with van der Waals surface area (Å²) < 4.78 is 24.8. The SMILES string of the molecule is COC(=O)c1ccc2cc(C(=O)OCC#P=O)oc2c1. The van der Waals surface area contributed by atoms with Gasteiger partial charge in [-0.05, 0) is 0 Å². The minimum absolute atomic E-state index is 0.00798. The number of hydrogen-bond donors (Lipinski definition) is 0. The topological polar surface area (TPSA) is 82.8 Å². The molecule has 0 amide bonds. The Bertz CT molecular complexity index is 770. The van der Waals surface area contributed by atoms with E-state index in [0.717, 1.165) is 0 Å². The van der Waals surface area contributed by atoms with E-state index in [1.807, 2.05) is 0 Å². The molecule has 0 atom stereocenters. The van der Waals surface area contributed by atoms with Crippen molar-refractivity contribution in [2.24, 2.45) is 0 Å². The van der Waals surface area contributed by atoms with Crippen LogP contribution in [-0.2, 0) is 14.0 Å². The van der Waals surface area contributed by atoms with Crippen LogP contribution in [-0.4, -0.2) is 25.7 Å². The second-order valence-corrected chi connectivity index (χ2v) is 4.18. The summed E-state index contributed by atoms with van der Waals surface area (Å²) in [5, 5.41) is 0.652. The molecule has 0 saturated heterocycles. The van der Waals surface area contributed by atoms with Crippen LogP contribution in [0.4, 0.5) is 0 Å². The fourth-order valence-corrected chi connectivity index (χ4v) is 1.69. The van der Waals surface area contributed by atoms with E-state index in [2.05, 4.69) is 10.4 Å². The Hall–Kier alpha value is -2.29. The molecule has 0 N–H and O–H groups in total. The van der Waals surface area contributed by atoms with Crippen molar-refractivity contribution in [2.75, 3.05) is 13.7 Å². The predicted octanol–water partition coefficient (Wildman–Crippen LogP) is 2.63. The molecule has 1 aromatic heterocycles. The normalized spacial score (nSPS) is 9.85. The minimum atomic E-state index is -0.697. The van der Waals surface area contributed by atoms with E-state index >= 15 is 0 Å². The average Bonchev–Trinajstić information content (AvgIpc) is 2.89. The molecule has 6 nitrogen and oxygen atoms in total. The van der Waals surface area contributed by atoms with E-state index in [0.29, 0.717) is 16.5 Å². The Morgan fingerprint density at radius 1 is 1.30 bits per heavy atom. The average molecular weight is 292 g/mol. The summed E-state index contributed by atoms with van der Waals surface area (Å²) in [5.41, 5.74) is 2.98. The molecule has 2 rings (SSSR count). The van der Waals surface area contributed by atoms with Gasteiger partial charge in [-0.2, -0.15) is 0 Å². The molecule has 102 valence electrons. The number of benzene rings is 1. The number of ether oxygens (including phenoxy) is 2. The van der Waals surface area contributed by atoms with Crippen LogP contribution in [0.3, 0.4) is 0 Å². The third-order valence-corrected chi connectivity index (χ3v) is 2.73. The number of rotatable bonds is 3. The molecule has 0 aliphatic carbocycles. The van der Waals surface area contributed by atoms with Gasteiger partial charge in [-0.15, -0.1) is 0 Å². The number of hydrogen-bond acceptors (Lipinski definition) is 6. The number of carbonyl (C=O) groups is 2. The molecule has 0 saturated carbocycles. The van der Waals surface area contributed by atoms with Gasteiger partial charge in [0.15, 0.2) is 0 Å². The summed E-state index contributed by atoms with van der Waals surface area (Å²) in [5.74, 6) is -1.20. The quantitative estimate of drug-likeness (QED) is 0.638. The molecule has 1 heterocycles. The van der Waals surface area contributed by atoms with Gasteiger partial charge < -0.3 is 0 Å². The molecule has 1 aromatic carbocycles. The molecule has 0 aliphatic heterocycles. The molecule has 20 heavy (non-hydrogen) atoms. The predicted molar refractivity (Wildman–Crippen MR) is 69.3 cm³/mol. The zero-order valence-corrected chi connectivity index (χ0v) is 11.3. The first-order chi connectivity index (χ1) is 9.65.